The lowest BCUT2D eigenvalue weighted by Crippen LogP contribution is -2.12. The first-order valence-electron chi connectivity index (χ1n) is 3.18. The lowest BCUT2D eigenvalue weighted by molar-refractivity contribution is 0.475. The smallest absolute Gasteiger partial charge is 0.284 e. The summed E-state index contributed by atoms with van der Waals surface area (Å²) in [4.78, 5) is 7.09. The predicted molar refractivity (Wildman–Crippen MR) is 41.9 cm³/mol. The largest absolute Gasteiger partial charge is 0.288 e. The fourth-order valence-electron chi connectivity index (χ4n) is 0.704. The highest BCUT2D eigenvalue weighted by Gasteiger charge is 2.27. The maximum atomic E-state index is 10.6. The molecule has 0 aliphatic heterocycles. The number of nitriles is 1. The Morgan fingerprint density at radius 1 is 1.46 bits per heavy atom. The van der Waals surface area contributed by atoms with Crippen LogP contribution in [0.2, 0.25) is 0 Å². The molecular weight excluding hydrogens is 194 g/mol. The predicted octanol–water partition coefficient (Wildman–Crippen LogP) is -0.0709. The zero-order valence-corrected chi connectivity index (χ0v) is 7.14. The molecule has 68 valence electrons. The van der Waals surface area contributed by atoms with E-state index in [-0.39, 0.29) is 5.82 Å². The molecule has 0 saturated heterocycles. The van der Waals surface area contributed by atoms with Crippen molar-refractivity contribution in [1.82, 2.24) is 9.97 Å². The van der Waals surface area contributed by atoms with Gasteiger partial charge in [-0.3, -0.25) is 4.55 Å². The van der Waals surface area contributed by atoms with Crippen LogP contribution >= 0.6 is 0 Å². The molecule has 1 aromatic heterocycles. The third-order valence-corrected chi connectivity index (χ3v) is 2.15. The Labute approximate surface area is 74.6 Å². The molecule has 0 saturated carbocycles. The number of hydrogen-bond acceptors (Lipinski definition) is 5. The topological polar surface area (TPSA) is 104 Å². The van der Waals surface area contributed by atoms with Gasteiger partial charge in [0.1, 0.15) is 0 Å². The van der Waals surface area contributed by atoms with Crippen molar-refractivity contribution >= 4 is 10.1 Å². The lowest BCUT2D eigenvalue weighted by atomic mass is 10.4. The second-order valence-corrected chi connectivity index (χ2v) is 3.63. The summed E-state index contributed by atoms with van der Waals surface area (Å²) in [5.74, 6) is -0.229. The van der Waals surface area contributed by atoms with Crippen molar-refractivity contribution in [2.45, 2.75) is 5.25 Å². The first-order valence-corrected chi connectivity index (χ1v) is 4.69. The highest BCUT2D eigenvalue weighted by atomic mass is 32.2. The molecule has 13 heavy (non-hydrogen) atoms. The van der Waals surface area contributed by atoms with E-state index in [2.05, 4.69) is 9.97 Å². The van der Waals surface area contributed by atoms with Crippen molar-refractivity contribution in [3.63, 3.8) is 0 Å². The van der Waals surface area contributed by atoms with Gasteiger partial charge in [0.05, 0.1) is 6.07 Å². The molecule has 1 aromatic rings. The van der Waals surface area contributed by atoms with E-state index in [0.717, 1.165) is 0 Å². The quantitative estimate of drug-likeness (QED) is 0.668. The Bertz CT molecular complexity index is 422. The van der Waals surface area contributed by atoms with E-state index < -0.39 is 15.4 Å². The van der Waals surface area contributed by atoms with Crippen molar-refractivity contribution in [2.24, 2.45) is 0 Å². The van der Waals surface area contributed by atoms with Crippen LogP contribution in [0.3, 0.4) is 0 Å². The molecule has 7 heteroatoms. The average molecular weight is 199 g/mol. The monoisotopic (exact) mass is 199 g/mol. The summed E-state index contributed by atoms with van der Waals surface area (Å²) in [5.41, 5.74) is 0. The Morgan fingerprint density at radius 3 is 2.38 bits per heavy atom. The number of rotatable bonds is 2. The number of nitrogens with zero attached hydrogens (tertiary/aromatic N) is 3. The molecule has 0 spiro atoms. The molecule has 1 unspecified atom stereocenters. The molecule has 0 bridgehead atoms. The zero-order valence-electron chi connectivity index (χ0n) is 6.32. The summed E-state index contributed by atoms with van der Waals surface area (Å²) < 4.78 is 29.8. The highest BCUT2D eigenvalue weighted by Crippen LogP contribution is 2.14. The molecule has 0 aliphatic carbocycles. The Kier molecular flexibility index (Phi) is 2.55. The van der Waals surface area contributed by atoms with Gasteiger partial charge in [-0.1, -0.05) is 0 Å². The molecule has 1 rings (SSSR count). The van der Waals surface area contributed by atoms with Crippen LogP contribution in [0.4, 0.5) is 0 Å². The van der Waals surface area contributed by atoms with E-state index in [9.17, 15) is 8.42 Å². The van der Waals surface area contributed by atoms with Crippen molar-refractivity contribution in [1.29, 1.82) is 5.26 Å². The molecule has 0 radical (unpaired) electrons. The maximum Gasteiger partial charge on any atom is 0.288 e. The van der Waals surface area contributed by atoms with Gasteiger partial charge in [-0.05, 0) is 6.07 Å². The van der Waals surface area contributed by atoms with Gasteiger partial charge < -0.3 is 0 Å². The van der Waals surface area contributed by atoms with Gasteiger partial charge in [-0.2, -0.15) is 13.7 Å². The lowest BCUT2D eigenvalue weighted by Gasteiger charge is -2.01. The molecule has 1 N–H and O–H groups in total. The molecular formula is C6H5N3O3S. The van der Waals surface area contributed by atoms with Gasteiger partial charge in [0.2, 0.25) is 5.25 Å². The molecule has 1 heterocycles. The van der Waals surface area contributed by atoms with Crippen molar-refractivity contribution < 1.29 is 13.0 Å². The van der Waals surface area contributed by atoms with E-state index in [1.54, 1.807) is 0 Å². The van der Waals surface area contributed by atoms with Crippen LogP contribution in [0.15, 0.2) is 18.5 Å². The molecule has 0 aromatic carbocycles. The van der Waals surface area contributed by atoms with Gasteiger partial charge in [-0.15, -0.1) is 0 Å². The van der Waals surface area contributed by atoms with Crippen LogP contribution in [0.25, 0.3) is 0 Å². The van der Waals surface area contributed by atoms with Gasteiger partial charge in [0, 0.05) is 12.4 Å². The minimum absolute atomic E-state index is 0.229. The van der Waals surface area contributed by atoms with Crippen LogP contribution in [0, 0.1) is 11.3 Å². The second-order valence-electron chi connectivity index (χ2n) is 2.13. The third-order valence-electron chi connectivity index (χ3n) is 1.24. The van der Waals surface area contributed by atoms with E-state index >= 15 is 0 Å². The molecule has 1 atom stereocenters. The van der Waals surface area contributed by atoms with Gasteiger partial charge >= 0.3 is 0 Å². The molecule has 0 amide bonds. The normalized spacial score (nSPS) is 13.2. The van der Waals surface area contributed by atoms with Crippen LogP contribution in [-0.2, 0) is 10.1 Å². The Balaban J connectivity index is 3.16. The van der Waals surface area contributed by atoms with Crippen LogP contribution < -0.4 is 0 Å². The average Bonchev–Trinajstić information content (AvgIpc) is 2.05. The summed E-state index contributed by atoms with van der Waals surface area (Å²) in [6.07, 6.45) is 2.58. The Hall–Kier alpha value is -1.52. The van der Waals surface area contributed by atoms with Crippen molar-refractivity contribution in [3.8, 4) is 6.07 Å². The van der Waals surface area contributed by atoms with E-state index in [4.69, 9.17) is 9.81 Å². The summed E-state index contributed by atoms with van der Waals surface area (Å²) in [6, 6.07) is 2.87. The number of aromatic nitrogens is 2. The second kappa shape index (κ2) is 3.47. The third kappa shape index (κ3) is 2.21. The minimum Gasteiger partial charge on any atom is -0.284 e. The Morgan fingerprint density at radius 2 is 2.00 bits per heavy atom. The standard InChI is InChI=1S/C6H5N3O3S/c7-4-5(13(10,11)12)6-8-2-1-3-9-6/h1-3,5H,(H,10,11,12). The fraction of sp³-hybridized carbons (Fsp3) is 0.167. The molecule has 0 fully saturated rings. The maximum absolute atomic E-state index is 10.6. The van der Waals surface area contributed by atoms with E-state index in [1.165, 1.54) is 24.5 Å². The van der Waals surface area contributed by atoms with Gasteiger partial charge in [0.15, 0.2) is 5.82 Å². The van der Waals surface area contributed by atoms with Crippen LogP contribution in [-0.4, -0.2) is 22.9 Å². The zero-order chi connectivity index (χ0) is 9.90. The fourth-order valence-corrected chi connectivity index (χ4v) is 1.22. The van der Waals surface area contributed by atoms with Crippen molar-refractivity contribution in [3.05, 3.63) is 24.3 Å². The molecule has 0 aliphatic rings. The molecule has 6 nitrogen and oxygen atoms in total. The summed E-state index contributed by atoms with van der Waals surface area (Å²) in [5, 5.41) is 6.73. The van der Waals surface area contributed by atoms with Crippen LogP contribution in [0.1, 0.15) is 11.1 Å². The van der Waals surface area contributed by atoms with Gasteiger partial charge in [0.25, 0.3) is 10.1 Å². The summed E-state index contributed by atoms with van der Waals surface area (Å²) in [6.45, 7) is 0. The summed E-state index contributed by atoms with van der Waals surface area (Å²) in [7, 11) is -4.45. The van der Waals surface area contributed by atoms with Crippen LogP contribution in [0.5, 0.6) is 0 Å². The summed E-state index contributed by atoms with van der Waals surface area (Å²) >= 11 is 0. The first-order chi connectivity index (χ1) is 6.05. The van der Waals surface area contributed by atoms with E-state index in [1.807, 2.05) is 0 Å². The SMILES string of the molecule is N#CC(c1ncccn1)S(=O)(=O)O. The first kappa shape index (κ1) is 9.57. The van der Waals surface area contributed by atoms with E-state index in [0.29, 0.717) is 0 Å². The highest BCUT2D eigenvalue weighted by molar-refractivity contribution is 7.86. The number of hydrogen-bond donors (Lipinski definition) is 1. The van der Waals surface area contributed by atoms with Crippen molar-refractivity contribution in [2.75, 3.05) is 0 Å². The minimum atomic E-state index is -4.45. The van der Waals surface area contributed by atoms with Gasteiger partial charge in [-0.25, -0.2) is 9.97 Å².